The van der Waals surface area contributed by atoms with Crippen molar-refractivity contribution in [1.82, 2.24) is 0 Å². The van der Waals surface area contributed by atoms with E-state index in [0.717, 1.165) is 18.5 Å². The summed E-state index contributed by atoms with van der Waals surface area (Å²) in [5, 5.41) is 5.84. The zero-order valence-corrected chi connectivity index (χ0v) is 9.61. The van der Waals surface area contributed by atoms with E-state index >= 15 is 0 Å². The Hall–Kier alpha value is -1.54. The zero-order chi connectivity index (χ0) is 11.4. The Balaban J connectivity index is 2.30. The van der Waals surface area contributed by atoms with Crippen LogP contribution in [0.15, 0.2) is 42.5 Å². The average Bonchev–Trinajstić information content (AvgIpc) is 2.30. The van der Waals surface area contributed by atoms with Crippen molar-refractivity contribution in [2.24, 2.45) is 5.73 Å². The molecule has 0 saturated carbocycles. The van der Waals surface area contributed by atoms with Crippen LogP contribution in [0.1, 0.15) is 19.8 Å². The van der Waals surface area contributed by atoms with E-state index in [1.54, 1.807) is 0 Å². The Morgan fingerprint density at radius 2 is 1.88 bits per heavy atom. The van der Waals surface area contributed by atoms with Crippen LogP contribution in [0, 0.1) is 0 Å². The largest absolute Gasteiger partial charge is 0.370 e. The molecule has 0 aliphatic heterocycles. The maximum atomic E-state index is 6.00. The molecule has 0 amide bonds. The summed E-state index contributed by atoms with van der Waals surface area (Å²) in [5.41, 5.74) is 7.12. The smallest absolute Gasteiger partial charge is 0.0743 e. The van der Waals surface area contributed by atoms with Crippen LogP contribution in [-0.4, -0.2) is 6.17 Å². The zero-order valence-electron chi connectivity index (χ0n) is 9.61. The first kappa shape index (κ1) is 11.0. The molecule has 0 aromatic heterocycles. The van der Waals surface area contributed by atoms with E-state index in [-0.39, 0.29) is 6.17 Å². The molecule has 2 nitrogen and oxygen atoms in total. The summed E-state index contributed by atoms with van der Waals surface area (Å²) >= 11 is 0. The molecule has 0 radical (unpaired) electrons. The van der Waals surface area contributed by atoms with E-state index in [1.165, 1.54) is 10.8 Å². The van der Waals surface area contributed by atoms with Crippen molar-refractivity contribution in [3.8, 4) is 0 Å². The van der Waals surface area contributed by atoms with Crippen molar-refractivity contribution in [1.29, 1.82) is 0 Å². The van der Waals surface area contributed by atoms with Gasteiger partial charge in [-0.2, -0.15) is 0 Å². The molecule has 0 aliphatic carbocycles. The summed E-state index contributed by atoms with van der Waals surface area (Å²) < 4.78 is 0. The van der Waals surface area contributed by atoms with Crippen molar-refractivity contribution in [2.75, 3.05) is 5.32 Å². The van der Waals surface area contributed by atoms with Crippen LogP contribution in [0.2, 0.25) is 0 Å². The summed E-state index contributed by atoms with van der Waals surface area (Å²) in [6.45, 7) is 2.14. The SMILES string of the molecule is CCCC(N)Nc1cccc2ccccc12. The van der Waals surface area contributed by atoms with Gasteiger partial charge in [0, 0.05) is 11.1 Å². The fraction of sp³-hybridized carbons (Fsp3) is 0.286. The normalized spacial score (nSPS) is 12.6. The maximum absolute atomic E-state index is 6.00. The Bertz CT molecular complexity index is 460. The molecular weight excluding hydrogens is 196 g/mol. The van der Waals surface area contributed by atoms with Gasteiger partial charge < -0.3 is 11.1 Å². The van der Waals surface area contributed by atoms with Gasteiger partial charge in [0.15, 0.2) is 0 Å². The molecule has 16 heavy (non-hydrogen) atoms. The Morgan fingerprint density at radius 3 is 2.69 bits per heavy atom. The number of hydrogen-bond donors (Lipinski definition) is 2. The lowest BCUT2D eigenvalue weighted by molar-refractivity contribution is 0.666. The van der Waals surface area contributed by atoms with Crippen molar-refractivity contribution >= 4 is 16.5 Å². The van der Waals surface area contributed by atoms with Crippen molar-refractivity contribution in [2.45, 2.75) is 25.9 Å². The van der Waals surface area contributed by atoms with Crippen LogP contribution < -0.4 is 11.1 Å². The van der Waals surface area contributed by atoms with E-state index in [2.05, 4.69) is 54.7 Å². The minimum absolute atomic E-state index is 0.0378. The Morgan fingerprint density at radius 1 is 1.12 bits per heavy atom. The highest BCUT2D eigenvalue weighted by Gasteiger charge is 2.03. The van der Waals surface area contributed by atoms with Crippen molar-refractivity contribution in [3.05, 3.63) is 42.5 Å². The van der Waals surface area contributed by atoms with Crippen LogP contribution in [0.25, 0.3) is 10.8 Å². The van der Waals surface area contributed by atoms with Gasteiger partial charge in [0.2, 0.25) is 0 Å². The molecule has 0 bridgehead atoms. The van der Waals surface area contributed by atoms with Crippen molar-refractivity contribution < 1.29 is 0 Å². The average molecular weight is 214 g/mol. The quantitative estimate of drug-likeness (QED) is 0.766. The molecule has 0 heterocycles. The molecule has 0 aliphatic rings. The second kappa shape index (κ2) is 4.99. The second-order valence-electron chi connectivity index (χ2n) is 4.07. The maximum Gasteiger partial charge on any atom is 0.0743 e. The summed E-state index contributed by atoms with van der Waals surface area (Å²) in [4.78, 5) is 0. The second-order valence-corrected chi connectivity index (χ2v) is 4.07. The first-order chi connectivity index (χ1) is 7.81. The van der Waals surface area contributed by atoms with Crippen LogP contribution in [0.4, 0.5) is 5.69 Å². The highest BCUT2D eigenvalue weighted by molar-refractivity contribution is 5.93. The molecule has 1 atom stereocenters. The minimum Gasteiger partial charge on any atom is -0.370 e. The van der Waals surface area contributed by atoms with Gasteiger partial charge in [-0.05, 0) is 17.9 Å². The van der Waals surface area contributed by atoms with Gasteiger partial charge in [-0.1, -0.05) is 49.7 Å². The number of nitrogens with one attached hydrogen (secondary N) is 1. The first-order valence-electron chi connectivity index (χ1n) is 5.81. The monoisotopic (exact) mass is 214 g/mol. The lowest BCUT2D eigenvalue weighted by Gasteiger charge is -2.16. The third-order valence-electron chi connectivity index (χ3n) is 2.73. The van der Waals surface area contributed by atoms with E-state index in [0.29, 0.717) is 0 Å². The third-order valence-corrected chi connectivity index (χ3v) is 2.73. The van der Waals surface area contributed by atoms with Gasteiger partial charge in [0.05, 0.1) is 6.17 Å². The highest BCUT2D eigenvalue weighted by atomic mass is 15.0. The Kier molecular flexibility index (Phi) is 3.42. The predicted molar refractivity (Wildman–Crippen MR) is 70.5 cm³/mol. The van der Waals surface area contributed by atoms with Crippen LogP contribution in [0.5, 0.6) is 0 Å². The van der Waals surface area contributed by atoms with Gasteiger partial charge >= 0.3 is 0 Å². The van der Waals surface area contributed by atoms with Gasteiger partial charge in [0.1, 0.15) is 0 Å². The fourth-order valence-corrected chi connectivity index (χ4v) is 1.93. The van der Waals surface area contributed by atoms with Gasteiger partial charge in [-0.3, -0.25) is 0 Å². The number of rotatable bonds is 4. The molecule has 0 spiro atoms. The molecule has 2 aromatic carbocycles. The standard InChI is InChI=1S/C14H18N2/c1-2-6-14(15)16-13-10-5-8-11-7-3-4-9-12(11)13/h3-5,7-10,14,16H,2,6,15H2,1H3. The Labute approximate surface area is 96.5 Å². The first-order valence-corrected chi connectivity index (χ1v) is 5.81. The number of anilines is 1. The van der Waals surface area contributed by atoms with Crippen LogP contribution in [-0.2, 0) is 0 Å². The summed E-state index contributed by atoms with van der Waals surface area (Å²) in [5.74, 6) is 0. The molecule has 2 rings (SSSR count). The highest BCUT2D eigenvalue weighted by Crippen LogP contribution is 2.23. The molecule has 2 heteroatoms. The van der Waals surface area contributed by atoms with Gasteiger partial charge in [-0.25, -0.2) is 0 Å². The third kappa shape index (κ3) is 2.34. The van der Waals surface area contributed by atoms with E-state index in [1.807, 2.05) is 0 Å². The fourth-order valence-electron chi connectivity index (χ4n) is 1.93. The lowest BCUT2D eigenvalue weighted by Crippen LogP contribution is -2.29. The lowest BCUT2D eigenvalue weighted by atomic mass is 10.1. The molecule has 84 valence electrons. The van der Waals surface area contributed by atoms with Crippen molar-refractivity contribution in [3.63, 3.8) is 0 Å². The van der Waals surface area contributed by atoms with E-state index in [4.69, 9.17) is 5.73 Å². The number of nitrogens with two attached hydrogens (primary N) is 1. The molecule has 2 aromatic rings. The molecule has 0 fully saturated rings. The molecular formula is C14H18N2. The van der Waals surface area contributed by atoms with Gasteiger partial charge in [0.25, 0.3) is 0 Å². The molecule has 3 N–H and O–H groups in total. The molecule has 1 unspecified atom stereocenters. The number of fused-ring (bicyclic) bond motifs is 1. The molecule has 0 saturated heterocycles. The van der Waals surface area contributed by atoms with E-state index in [9.17, 15) is 0 Å². The van der Waals surface area contributed by atoms with Crippen LogP contribution >= 0.6 is 0 Å². The van der Waals surface area contributed by atoms with Crippen LogP contribution in [0.3, 0.4) is 0 Å². The topological polar surface area (TPSA) is 38.0 Å². The minimum atomic E-state index is 0.0378. The summed E-state index contributed by atoms with van der Waals surface area (Å²) in [6.07, 6.45) is 2.12. The summed E-state index contributed by atoms with van der Waals surface area (Å²) in [7, 11) is 0. The van der Waals surface area contributed by atoms with E-state index < -0.39 is 0 Å². The summed E-state index contributed by atoms with van der Waals surface area (Å²) in [6, 6.07) is 14.6. The number of hydrogen-bond acceptors (Lipinski definition) is 2. The van der Waals surface area contributed by atoms with Gasteiger partial charge in [-0.15, -0.1) is 0 Å². The number of benzene rings is 2. The predicted octanol–water partition coefficient (Wildman–Crippen LogP) is 3.34.